The number of likely N-dealkylation sites (tertiary alicyclic amines) is 2. The van der Waals surface area contributed by atoms with Crippen LogP contribution in [0.2, 0.25) is 0 Å². The van der Waals surface area contributed by atoms with Crippen LogP contribution in [0.3, 0.4) is 0 Å². The molecule has 6 amide bonds. The first-order valence-electron chi connectivity index (χ1n) is 22.1. The summed E-state index contributed by atoms with van der Waals surface area (Å²) in [7, 11) is 0. The molecule has 3 aromatic rings. The molecule has 5 aliphatic rings. The number of primary amides is 2. The number of hydrogen-bond donors (Lipinski definition) is 6. The molecule has 0 aromatic heterocycles. The van der Waals surface area contributed by atoms with Crippen molar-refractivity contribution in [3.63, 3.8) is 0 Å². The second kappa shape index (κ2) is 15.4. The van der Waals surface area contributed by atoms with Crippen molar-refractivity contribution in [1.82, 2.24) is 20.4 Å². The van der Waals surface area contributed by atoms with Crippen LogP contribution < -0.4 is 27.0 Å². The van der Waals surface area contributed by atoms with Gasteiger partial charge in [-0.3, -0.25) is 39.6 Å². The van der Waals surface area contributed by atoms with E-state index in [0.29, 0.717) is 73.1 Å². The lowest BCUT2D eigenvalue weighted by molar-refractivity contribution is -0.153. The monoisotopic (exact) mass is 879 g/mol. The van der Waals surface area contributed by atoms with Crippen LogP contribution in [0.1, 0.15) is 108 Å². The Kier molecular flexibility index (Phi) is 10.8. The second-order valence-electron chi connectivity index (χ2n) is 19.8. The van der Waals surface area contributed by atoms with Gasteiger partial charge < -0.3 is 26.6 Å². The first-order valence-corrected chi connectivity index (χ1v) is 22.1. The highest BCUT2D eigenvalue weighted by Crippen LogP contribution is 2.62. The van der Waals surface area contributed by atoms with Crippen LogP contribution in [0.25, 0.3) is 0 Å². The topological polar surface area (TPSA) is 229 Å². The SMILES string of the molecule is CC1C[C@@H](C2CCCN2[C@]2(C(=O)NC(=O)O)c3cccc(c3)C(C(N)=O)C2(C)C)N(c2ccc(F)cc2)[C@@]1(C)C1CCCN1[C@]1(C(=O)NC(=O)O)c2cccc(c2)C(C(N)=O)C1(C)C. The molecule has 2 aliphatic carbocycles. The zero-order chi connectivity index (χ0) is 46.5. The summed E-state index contributed by atoms with van der Waals surface area (Å²) in [5, 5.41) is 24.6. The molecule has 64 heavy (non-hydrogen) atoms. The van der Waals surface area contributed by atoms with Crippen LogP contribution >= 0.6 is 0 Å². The Morgan fingerprint density at radius 3 is 1.62 bits per heavy atom. The van der Waals surface area contributed by atoms with E-state index in [-0.39, 0.29) is 5.92 Å². The number of nitrogens with one attached hydrogen (secondary N) is 2. The van der Waals surface area contributed by atoms with Gasteiger partial charge in [-0.2, -0.15) is 0 Å². The number of nitrogens with two attached hydrogens (primary N) is 2. The number of anilines is 1. The van der Waals surface area contributed by atoms with Crippen molar-refractivity contribution in [3.8, 4) is 0 Å². The van der Waals surface area contributed by atoms with Crippen molar-refractivity contribution in [2.75, 3.05) is 18.0 Å². The predicted octanol–water partition coefficient (Wildman–Crippen LogP) is 5.32. The molecular formula is C48H58FN7O8. The number of nitrogens with zero attached hydrogens (tertiary/aromatic N) is 3. The van der Waals surface area contributed by atoms with Gasteiger partial charge in [0.1, 0.15) is 16.9 Å². The molecule has 16 heteroatoms. The molecule has 9 atom stereocenters. The fourth-order valence-corrected chi connectivity index (χ4v) is 14.1. The minimum absolute atomic E-state index is 0.176. The number of fused-ring (bicyclic) bond motifs is 4. The number of carboxylic acid groups (broad SMARTS) is 2. The first-order chi connectivity index (χ1) is 30.1. The van der Waals surface area contributed by atoms with Crippen molar-refractivity contribution >= 4 is 41.5 Å². The quantitative estimate of drug-likeness (QED) is 0.161. The normalized spacial score (nSPS) is 32.8. The number of halogens is 1. The predicted molar refractivity (Wildman–Crippen MR) is 234 cm³/mol. The number of carbonyl (C=O) groups is 6. The van der Waals surface area contributed by atoms with Gasteiger partial charge in [-0.05, 0) is 105 Å². The molecule has 3 fully saturated rings. The number of imide groups is 2. The van der Waals surface area contributed by atoms with E-state index in [1.54, 1.807) is 88.4 Å². The van der Waals surface area contributed by atoms with E-state index in [4.69, 9.17) is 11.5 Å². The lowest BCUT2D eigenvalue weighted by Crippen LogP contribution is -2.73. The molecule has 0 spiro atoms. The zero-order valence-corrected chi connectivity index (χ0v) is 37.1. The van der Waals surface area contributed by atoms with Crippen LogP contribution in [0.5, 0.6) is 0 Å². The molecule has 5 unspecified atom stereocenters. The van der Waals surface area contributed by atoms with E-state index in [0.717, 1.165) is 0 Å². The van der Waals surface area contributed by atoms with Gasteiger partial charge in [0.25, 0.3) is 11.8 Å². The standard InChI is InChI=1S/C48H58FN7O8/c1-26-23-34(33-15-9-21-54(33)47(40(59)52-42(61)62)29-13-7-11-27(24-29)36(38(50)57)44(47,2)3)56(32-19-17-31(49)18-20-32)46(26,6)35-16-10-22-55(35)48(41(60)53-43(63)64)30-14-8-12-28(25-30)37(39(51)58)45(48,4)5/h7-8,11-14,17-20,24-26,33-37H,9-10,15-16,21-23H2,1-6H3,(H2,50,57)(H2,51,58)(H,52,59)(H,53,60)(H,61,62)(H,63,64)/t26?,33?,34-,35?,36?,37?,46+,47-,48-/m0/s1. The molecule has 3 aliphatic heterocycles. The smallest absolute Gasteiger partial charge is 0.411 e. The molecule has 0 saturated carbocycles. The Bertz CT molecular complexity index is 2450. The number of carbonyl (C=O) groups excluding carboxylic acids is 4. The van der Waals surface area contributed by atoms with Gasteiger partial charge in [-0.1, -0.05) is 83.1 Å². The third-order valence-corrected chi connectivity index (χ3v) is 16.3. The van der Waals surface area contributed by atoms with E-state index in [1.165, 1.54) is 12.1 Å². The highest BCUT2D eigenvalue weighted by Gasteiger charge is 2.70. The van der Waals surface area contributed by atoms with E-state index in [1.807, 2.05) is 0 Å². The van der Waals surface area contributed by atoms with Gasteiger partial charge >= 0.3 is 12.2 Å². The minimum Gasteiger partial charge on any atom is -0.465 e. The maximum Gasteiger partial charge on any atom is 0.411 e. The van der Waals surface area contributed by atoms with Crippen molar-refractivity contribution in [2.24, 2.45) is 28.2 Å². The minimum atomic E-state index is -1.73. The molecule has 3 saturated heterocycles. The maximum absolute atomic E-state index is 15.1. The second-order valence-corrected chi connectivity index (χ2v) is 19.8. The Morgan fingerprint density at radius 2 is 1.14 bits per heavy atom. The molecule has 3 aromatic carbocycles. The Morgan fingerprint density at radius 1 is 0.672 bits per heavy atom. The number of hydrogen-bond acceptors (Lipinski definition) is 9. The number of benzene rings is 3. The van der Waals surface area contributed by atoms with Gasteiger partial charge in [-0.25, -0.2) is 14.0 Å². The van der Waals surface area contributed by atoms with Crippen LogP contribution in [0.4, 0.5) is 19.7 Å². The van der Waals surface area contributed by atoms with E-state index >= 15 is 4.79 Å². The molecule has 4 bridgehead atoms. The van der Waals surface area contributed by atoms with Crippen molar-refractivity contribution in [2.45, 2.75) is 120 Å². The van der Waals surface area contributed by atoms with Gasteiger partial charge in [-0.15, -0.1) is 0 Å². The number of amides is 6. The van der Waals surface area contributed by atoms with Crippen LogP contribution in [0.15, 0.2) is 72.8 Å². The van der Waals surface area contributed by atoms with E-state index in [9.17, 15) is 38.6 Å². The van der Waals surface area contributed by atoms with Crippen molar-refractivity contribution < 1.29 is 43.4 Å². The van der Waals surface area contributed by atoms with E-state index < -0.39 is 99.0 Å². The summed E-state index contributed by atoms with van der Waals surface area (Å²) in [5.41, 5.74) is 8.39. The summed E-state index contributed by atoms with van der Waals surface area (Å²) < 4.78 is 14.9. The summed E-state index contributed by atoms with van der Waals surface area (Å²) in [5.74, 6) is -5.49. The summed E-state index contributed by atoms with van der Waals surface area (Å²) in [6.07, 6.45) is -0.184. The summed E-state index contributed by atoms with van der Waals surface area (Å²) in [4.78, 5) is 88.3. The van der Waals surface area contributed by atoms with Crippen LogP contribution in [-0.2, 0) is 30.3 Å². The molecular weight excluding hydrogens is 822 g/mol. The Hall–Kier alpha value is -5.87. The summed E-state index contributed by atoms with van der Waals surface area (Å²) >= 11 is 0. The van der Waals surface area contributed by atoms with Gasteiger partial charge in [0.15, 0.2) is 0 Å². The molecule has 8 rings (SSSR count). The molecule has 340 valence electrons. The number of rotatable bonds is 9. The third-order valence-electron chi connectivity index (χ3n) is 16.3. The van der Waals surface area contributed by atoms with E-state index in [2.05, 4.69) is 39.2 Å². The van der Waals surface area contributed by atoms with Crippen molar-refractivity contribution in [1.29, 1.82) is 0 Å². The molecule has 15 nitrogen and oxygen atoms in total. The maximum atomic E-state index is 15.1. The first kappa shape index (κ1) is 44.7. The van der Waals surface area contributed by atoms with Crippen molar-refractivity contribution in [3.05, 3.63) is 101 Å². The molecule has 3 heterocycles. The summed E-state index contributed by atoms with van der Waals surface area (Å²) in [6, 6.07) is 19.0. The fraction of sp³-hybridized carbons (Fsp3) is 0.500. The van der Waals surface area contributed by atoms with Crippen LogP contribution in [-0.4, -0.2) is 92.6 Å². The Labute approximate surface area is 371 Å². The molecule has 8 N–H and O–H groups in total. The highest BCUT2D eigenvalue weighted by molar-refractivity contribution is 6.01. The fourth-order valence-electron chi connectivity index (χ4n) is 14.1. The van der Waals surface area contributed by atoms with Gasteiger partial charge in [0, 0.05) is 34.6 Å². The third kappa shape index (κ3) is 6.04. The average Bonchev–Trinajstić information content (AvgIpc) is 3.94. The van der Waals surface area contributed by atoms with Gasteiger partial charge in [0.05, 0.1) is 17.4 Å². The largest absolute Gasteiger partial charge is 0.465 e. The average molecular weight is 880 g/mol. The molecule has 0 radical (unpaired) electrons. The van der Waals surface area contributed by atoms with Crippen LogP contribution in [0, 0.1) is 22.6 Å². The lowest BCUT2D eigenvalue weighted by atomic mass is 9.54. The zero-order valence-electron chi connectivity index (χ0n) is 37.1. The Balaban J connectivity index is 1.33. The highest BCUT2D eigenvalue weighted by atomic mass is 19.1. The van der Waals surface area contributed by atoms with Gasteiger partial charge in [0.2, 0.25) is 11.8 Å². The summed E-state index contributed by atoms with van der Waals surface area (Å²) in [6.45, 7) is 12.1. The lowest BCUT2D eigenvalue weighted by Gasteiger charge is -2.61.